The van der Waals surface area contributed by atoms with Crippen LogP contribution in [-0.2, 0) is 9.59 Å². The van der Waals surface area contributed by atoms with Crippen LogP contribution >= 0.6 is 0 Å². The number of nitrogens with two attached hydrogens (primary N) is 1. The molecule has 1 atom stereocenters. The summed E-state index contributed by atoms with van der Waals surface area (Å²) in [5, 5.41) is 12.1. The minimum absolute atomic E-state index is 0.00345. The van der Waals surface area contributed by atoms with Crippen LogP contribution in [0.5, 0.6) is 0 Å². The second kappa shape index (κ2) is 9.03. The van der Waals surface area contributed by atoms with E-state index in [1.807, 2.05) is 0 Å². The highest BCUT2D eigenvalue weighted by atomic mass is 16.4. The smallest absolute Gasteiger partial charge is 0.305 e. The van der Waals surface area contributed by atoms with Crippen LogP contribution in [-0.4, -0.2) is 29.1 Å². The summed E-state index contributed by atoms with van der Waals surface area (Å²) in [4.78, 5) is 23.2. The van der Waals surface area contributed by atoms with Crippen molar-refractivity contribution in [3.05, 3.63) is 0 Å². The molecule has 4 N–H and O–H groups in total. The second-order valence-corrected chi connectivity index (χ2v) is 6.38. The fraction of sp³-hybridized carbons (Fsp3) is 0.875. The maximum absolute atomic E-state index is 12.2. The molecule has 0 radical (unpaired) electrons. The molecule has 0 aromatic heterocycles. The maximum atomic E-state index is 12.2. The van der Waals surface area contributed by atoms with E-state index in [0.717, 1.165) is 51.4 Å². The Morgan fingerprint density at radius 3 is 2.43 bits per heavy atom. The molecule has 21 heavy (non-hydrogen) atoms. The van der Waals surface area contributed by atoms with Crippen LogP contribution in [0.25, 0.3) is 0 Å². The average Bonchev–Trinajstić information content (AvgIpc) is 2.83. The van der Waals surface area contributed by atoms with Gasteiger partial charge in [0, 0.05) is 6.42 Å². The van der Waals surface area contributed by atoms with Crippen LogP contribution in [0.3, 0.4) is 0 Å². The zero-order chi connectivity index (χ0) is 15.7. The predicted octanol–water partition coefficient (Wildman–Crippen LogP) is 2.44. The van der Waals surface area contributed by atoms with Gasteiger partial charge in [-0.25, -0.2) is 0 Å². The Morgan fingerprint density at radius 1 is 1.24 bits per heavy atom. The van der Waals surface area contributed by atoms with Crippen LogP contribution < -0.4 is 11.1 Å². The molecule has 1 unspecified atom stereocenters. The summed E-state index contributed by atoms with van der Waals surface area (Å²) < 4.78 is 0. The number of nitrogens with one attached hydrogen (secondary N) is 1. The molecule has 5 nitrogen and oxygen atoms in total. The minimum Gasteiger partial charge on any atom is -0.481 e. The zero-order valence-electron chi connectivity index (χ0n) is 13.2. The summed E-state index contributed by atoms with van der Waals surface area (Å²) in [6.07, 6.45) is 8.10. The van der Waals surface area contributed by atoms with Crippen LogP contribution in [0.1, 0.15) is 71.1 Å². The molecule has 0 spiro atoms. The number of hydrogen-bond acceptors (Lipinski definition) is 3. The number of carbonyl (C=O) groups excluding carboxylic acids is 1. The third-order valence-electron chi connectivity index (χ3n) is 4.51. The summed E-state index contributed by atoms with van der Waals surface area (Å²) in [7, 11) is 0. The van der Waals surface area contributed by atoms with Crippen molar-refractivity contribution in [1.82, 2.24) is 5.32 Å². The van der Waals surface area contributed by atoms with Gasteiger partial charge in [-0.1, -0.05) is 32.6 Å². The quantitative estimate of drug-likeness (QED) is 0.577. The van der Waals surface area contributed by atoms with Crippen molar-refractivity contribution in [2.75, 3.05) is 6.54 Å². The van der Waals surface area contributed by atoms with Crippen molar-refractivity contribution < 1.29 is 14.7 Å². The molecule has 122 valence electrons. The Bertz CT molecular complexity index is 332. The van der Waals surface area contributed by atoms with Gasteiger partial charge in [-0.3, -0.25) is 9.59 Å². The van der Waals surface area contributed by atoms with E-state index in [9.17, 15) is 9.59 Å². The van der Waals surface area contributed by atoms with Crippen molar-refractivity contribution in [3.8, 4) is 0 Å². The first kappa shape index (κ1) is 18.0. The van der Waals surface area contributed by atoms with E-state index < -0.39 is 11.5 Å². The molecule has 0 heterocycles. The number of amides is 1. The number of rotatable bonds is 10. The van der Waals surface area contributed by atoms with Gasteiger partial charge >= 0.3 is 5.97 Å². The van der Waals surface area contributed by atoms with Gasteiger partial charge in [0.15, 0.2) is 0 Å². The maximum Gasteiger partial charge on any atom is 0.305 e. The molecule has 1 amide bonds. The normalized spacial score (nSPS) is 18.4. The Balaban J connectivity index is 2.44. The standard InChI is InChI=1S/C16H30N2O3/c1-2-5-13(8-11-17)6-7-14(19)18-16(12-15(20)21)9-3-4-10-16/h13H,2-12,17H2,1H3,(H,18,19)(H,20,21). The fourth-order valence-corrected chi connectivity index (χ4v) is 3.46. The van der Waals surface area contributed by atoms with Gasteiger partial charge in [-0.2, -0.15) is 0 Å². The molecule has 0 bridgehead atoms. The van der Waals surface area contributed by atoms with E-state index in [1.54, 1.807) is 0 Å². The minimum atomic E-state index is -0.829. The van der Waals surface area contributed by atoms with Crippen LogP contribution in [0.2, 0.25) is 0 Å². The highest BCUT2D eigenvalue weighted by molar-refractivity contribution is 5.78. The molecule has 1 aliphatic carbocycles. The monoisotopic (exact) mass is 298 g/mol. The Kier molecular flexibility index (Phi) is 7.72. The highest BCUT2D eigenvalue weighted by Crippen LogP contribution is 2.33. The summed E-state index contributed by atoms with van der Waals surface area (Å²) in [6, 6.07) is 0. The molecule has 0 aromatic rings. The lowest BCUT2D eigenvalue weighted by Crippen LogP contribution is -2.47. The third kappa shape index (κ3) is 6.46. The number of carboxylic acid groups (broad SMARTS) is 1. The fourth-order valence-electron chi connectivity index (χ4n) is 3.46. The molecule has 1 fully saturated rings. The Morgan fingerprint density at radius 2 is 1.90 bits per heavy atom. The lowest BCUT2D eigenvalue weighted by atomic mass is 9.91. The predicted molar refractivity (Wildman–Crippen MR) is 82.9 cm³/mol. The molecule has 1 aliphatic rings. The van der Waals surface area contributed by atoms with E-state index in [0.29, 0.717) is 18.9 Å². The van der Waals surface area contributed by atoms with Crippen molar-refractivity contribution in [3.63, 3.8) is 0 Å². The average molecular weight is 298 g/mol. The van der Waals surface area contributed by atoms with Gasteiger partial charge in [-0.05, 0) is 38.1 Å². The third-order valence-corrected chi connectivity index (χ3v) is 4.51. The summed E-state index contributed by atoms with van der Waals surface area (Å²) in [5.74, 6) is -0.329. The summed E-state index contributed by atoms with van der Waals surface area (Å²) >= 11 is 0. The topological polar surface area (TPSA) is 92.4 Å². The van der Waals surface area contributed by atoms with E-state index in [4.69, 9.17) is 10.8 Å². The van der Waals surface area contributed by atoms with Gasteiger partial charge < -0.3 is 16.2 Å². The number of carbonyl (C=O) groups is 2. The van der Waals surface area contributed by atoms with Crippen molar-refractivity contribution in [1.29, 1.82) is 0 Å². The van der Waals surface area contributed by atoms with Crippen LogP contribution in [0.15, 0.2) is 0 Å². The molecule has 0 aromatic carbocycles. The SMILES string of the molecule is CCCC(CCN)CCC(=O)NC1(CC(=O)O)CCCC1. The number of aliphatic carboxylic acids is 1. The Hall–Kier alpha value is -1.10. The van der Waals surface area contributed by atoms with Gasteiger partial charge in [0.1, 0.15) is 0 Å². The molecule has 0 aliphatic heterocycles. The van der Waals surface area contributed by atoms with Crippen molar-refractivity contribution in [2.24, 2.45) is 11.7 Å². The summed E-state index contributed by atoms with van der Waals surface area (Å²) in [5.41, 5.74) is 5.11. The molecule has 5 heteroatoms. The highest BCUT2D eigenvalue weighted by Gasteiger charge is 2.37. The lowest BCUT2D eigenvalue weighted by molar-refractivity contribution is -0.139. The van der Waals surface area contributed by atoms with Gasteiger partial charge in [-0.15, -0.1) is 0 Å². The molecular formula is C16H30N2O3. The van der Waals surface area contributed by atoms with Crippen molar-refractivity contribution in [2.45, 2.75) is 76.7 Å². The van der Waals surface area contributed by atoms with Crippen LogP contribution in [0.4, 0.5) is 0 Å². The molecular weight excluding hydrogens is 268 g/mol. The molecule has 0 saturated heterocycles. The first-order valence-corrected chi connectivity index (χ1v) is 8.24. The molecule has 1 rings (SSSR count). The van der Waals surface area contributed by atoms with Gasteiger partial charge in [0.05, 0.1) is 12.0 Å². The zero-order valence-corrected chi connectivity index (χ0v) is 13.2. The van der Waals surface area contributed by atoms with Gasteiger partial charge in [0.25, 0.3) is 0 Å². The Labute approximate surface area is 127 Å². The lowest BCUT2D eigenvalue weighted by Gasteiger charge is -2.29. The first-order chi connectivity index (χ1) is 10.0. The summed E-state index contributed by atoms with van der Waals surface area (Å²) in [6.45, 7) is 2.80. The van der Waals surface area contributed by atoms with Crippen LogP contribution in [0, 0.1) is 5.92 Å². The first-order valence-electron chi connectivity index (χ1n) is 8.24. The largest absolute Gasteiger partial charge is 0.481 e. The number of hydrogen-bond donors (Lipinski definition) is 3. The second-order valence-electron chi connectivity index (χ2n) is 6.38. The van der Waals surface area contributed by atoms with E-state index in [1.165, 1.54) is 0 Å². The number of carboxylic acids is 1. The van der Waals surface area contributed by atoms with Gasteiger partial charge in [0.2, 0.25) is 5.91 Å². The van der Waals surface area contributed by atoms with E-state index >= 15 is 0 Å². The van der Waals surface area contributed by atoms with E-state index in [-0.39, 0.29) is 12.3 Å². The van der Waals surface area contributed by atoms with Crippen molar-refractivity contribution >= 4 is 11.9 Å². The molecule has 1 saturated carbocycles. The van der Waals surface area contributed by atoms with E-state index in [2.05, 4.69) is 12.2 Å².